The summed E-state index contributed by atoms with van der Waals surface area (Å²) >= 11 is 1.29. The molecule has 0 aromatic carbocycles. The second kappa shape index (κ2) is 6.55. The number of rotatable bonds is 6. The summed E-state index contributed by atoms with van der Waals surface area (Å²) < 4.78 is 27.6. The molecule has 5 nitrogen and oxygen atoms in total. The van der Waals surface area contributed by atoms with Crippen LogP contribution in [0.5, 0.6) is 0 Å². The fourth-order valence-electron chi connectivity index (χ4n) is 1.82. The standard InChI is InChI=1S/C14H19N3O2S2/c1-4-15-9-12-10(2)8-14(20-12)21(18,19)17-13-7-5-6-11(3)16-13/h5-8,15H,4,9H2,1-3H3,(H,16,17). The van der Waals surface area contributed by atoms with Gasteiger partial charge in [-0.25, -0.2) is 13.4 Å². The van der Waals surface area contributed by atoms with Gasteiger partial charge < -0.3 is 5.32 Å². The van der Waals surface area contributed by atoms with Crippen LogP contribution in [-0.2, 0) is 16.6 Å². The van der Waals surface area contributed by atoms with Crippen LogP contribution in [0.15, 0.2) is 28.5 Å². The third kappa shape index (κ3) is 4.03. The predicted molar refractivity (Wildman–Crippen MR) is 86.2 cm³/mol. The van der Waals surface area contributed by atoms with Gasteiger partial charge in [0.05, 0.1) is 0 Å². The van der Waals surface area contributed by atoms with Crippen molar-refractivity contribution >= 4 is 27.2 Å². The first-order valence-corrected chi connectivity index (χ1v) is 8.99. The van der Waals surface area contributed by atoms with Crippen molar-refractivity contribution < 1.29 is 8.42 Å². The van der Waals surface area contributed by atoms with Crippen LogP contribution < -0.4 is 10.0 Å². The summed E-state index contributed by atoms with van der Waals surface area (Å²) in [6.45, 7) is 7.30. The van der Waals surface area contributed by atoms with Gasteiger partial charge in [0.2, 0.25) is 0 Å². The number of aryl methyl sites for hydroxylation is 2. The van der Waals surface area contributed by atoms with Gasteiger partial charge in [-0.15, -0.1) is 11.3 Å². The normalized spacial score (nSPS) is 11.6. The monoisotopic (exact) mass is 325 g/mol. The Morgan fingerprint density at radius 2 is 2.05 bits per heavy atom. The van der Waals surface area contributed by atoms with Crippen molar-refractivity contribution in [1.29, 1.82) is 0 Å². The zero-order valence-corrected chi connectivity index (χ0v) is 13.9. The van der Waals surface area contributed by atoms with Crippen LogP contribution in [0.25, 0.3) is 0 Å². The number of nitrogens with zero attached hydrogens (tertiary/aromatic N) is 1. The molecule has 0 radical (unpaired) electrons. The highest BCUT2D eigenvalue weighted by Gasteiger charge is 2.19. The molecular formula is C14H19N3O2S2. The van der Waals surface area contributed by atoms with Gasteiger partial charge in [-0.2, -0.15) is 0 Å². The fourth-order valence-corrected chi connectivity index (χ4v) is 4.38. The van der Waals surface area contributed by atoms with Gasteiger partial charge in [0.1, 0.15) is 10.0 Å². The maximum absolute atomic E-state index is 12.4. The molecule has 0 aliphatic heterocycles. The van der Waals surface area contributed by atoms with Crippen LogP contribution in [-0.4, -0.2) is 19.9 Å². The van der Waals surface area contributed by atoms with Crippen molar-refractivity contribution in [2.24, 2.45) is 0 Å². The minimum atomic E-state index is -3.58. The number of pyridine rings is 1. The van der Waals surface area contributed by atoms with E-state index in [9.17, 15) is 8.42 Å². The molecule has 7 heteroatoms. The lowest BCUT2D eigenvalue weighted by Gasteiger charge is -2.05. The van der Waals surface area contributed by atoms with Gasteiger partial charge in [0, 0.05) is 17.1 Å². The molecule has 0 spiro atoms. The average Bonchev–Trinajstić information content (AvgIpc) is 2.78. The zero-order chi connectivity index (χ0) is 15.5. The maximum Gasteiger partial charge on any atom is 0.272 e. The number of nitrogens with one attached hydrogen (secondary N) is 2. The lowest BCUT2D eigenvalue weighted by Crippen LogP contribution is -2.13. The van der Waals surface area contributed by atoms with Crippen LogP contribution >= 0.6 is 11.3 Å². The van der Waals surface area contributed by atoms with Gasteiger partial charge in [-0.05, 0) is 44.2 Å². The molecule has 21 heavy (non-hydrogen) atoms. The smallest absolute Gasteiger partial charge is 0.272 e. The second-order valence-corrected chi connectivity index (χ2v) is 7.77. The largest absolute Gasteiger partial charge is 0.312 e. The molecule has 0 fully saturated rings. The van der Waals surface area contributed by atoms with Crippen LogP contribution in [0, 0.1) is 13.8 Å². The lowest BCUT2D eigenvalue weighted by molar-refractivity contribution is 0.603. The molecule has 0 atom stereocenters. The maximum atomic E-state index is 12.4. The van der Waals surface area contributed by atoms with Crippen molar-refractivity contribution in [2.45, 2.75) is 31.5 Å². The molecule has 0 aliphatic rings. The third-order valence-electron chi connectivity index (χ3n) is 2.93. The molecule has 0 unspecified atom stereocenters. The summed E-state index contributed by atoms with van der Waals surface area (Å²) in [7, 11) is -3.58. The number of sulfonamides is 1. The molecule has 114 valence electrons. The SMILES string of the molecule is CCNCc1sc(S(=O)(=O)Nc2cccc(C)n2)cc1C. The summed E-state index contributed by atoms with van der Waals surface area (Å²) in [5.41, 5.74) is 1.75. The van der Waals surface area contributed by atoms with Crippen LogP contribution in [0.1, 0.15) is 23.1 Å². The van der Waals surface area contributed by atoms with E-state index >= 15 is 0 Å². The Balaban J connectivity index is 2.23. The van der Waals surface area contributed by atoms with E-state index in [4.69, 9.17) is 0 Å². The Kier molecular flexibility index (Phi) is 4.97. The average molecular weight is 325 g/mol. The van der Waals surface area contributed by atoms with E-state index in [1.54, 1.807) is 18.2 Å². The molecule has 2 heterocycles. The second-order valence-electron chi connectivity index (χ2n) is 4.72. The van der Waals surface area contributed by atoms with Gasteiger partial charge in [-0.1, -0.05) is 13.0 Å². The number of anilines is 1. The first-order valence-electron chi connectivity index (χ1n) is 6.69. The fraction of sp³-hybridized carbons (Fsp3) is 0.357. The van der Waals surface area contributed by atoms with Crippen LogP contribution in [0.4, 0.5) is 5.82 Å². The molecule has 0 bridgehead atoms. The molecule has 2 aromatic rings. The Labute approximate surface area is 129 Å². The summed E-state index contributed by atoms with van der Waals surface area (Å²) in [5.74, 6) is 0.342. The Hall–Kier alpha value is -1.44. The van der Waals surface area contributed by atoms with Gasteiger partial charge in [-0.3, -0.25) is 4.72 Å². The highest BCUT2D eigenvalue weighted by atomic mass is 32.2. The van der Waals surface area contributed by atoms with Crippen molar-refractivity contribution in [2.75, 3.05) is 11.3 Å². The molecular weight excluding hydrogens is 306 g/mol. The topological polar surface area (TPSA) is 71.1 Å². The Morgan fingerprint density at radius 3 is 2.71 bits per heavy atom. The van der Waals surface area contributed by atoms with Crippen LogP contribution in [0.3, 0.4) is 0 Å². The number of hydrogen-bond donors (Lipinski definition) is 2. The summed E-state index contributed by atoms with van der Waals surface area (Å²) in [5, 5.41) is 3.21. The molecule has 0 saturated carbocycles. The molecule has 2 rings (SSSR count). The van der Waals surface area contributed by atoms with E-state index in [0.717, 1.165) is 22.7 Å². The highest BCUT2D eigenvalue weighted by Crippen LogP contribution is 2.27. The minimum Gasteiger partial charge on any atom is -0.312 e. The van der Waals surface area contributed by atoms with Gasteiger partial charge in [0.25, 0.3) is 10.0 Å². The molecule has 2 N–H and O–H groups in total. The lowest BCUT2D eigenvalue weighted by atomic mass is 10.3. The van der Waals surface area contributed by atoms with Crippen LogP contribution in [0.2, 0.25) is 0 Å². The first-order chi connectivity index (χ1) is 9.92. The number of thiophene rings is 1. The van der Waals surface area contributed by atoms with Gasteiger partial charge in [0.15, 0.2) is 0 Å². The molecule has 0 amide bonds. The van der Waals surface area contributed by atoms with E-state index < -0.39 is 10.0 Å². The molecule has 2 aromatic heterocycles. The van der Waals surface area contributed by atoms with Crippen molar-refractivity contribution in [3.63, 3.8) is 0 Å². The zero-order valence-electron chi connectivity index (χ0n) is 12.3. The predicted octanol–water partition coefficient (Wildman–Crippen LogP) is 2.67. The first kappa shape index (κ1) is 15.9. The quantitative estimate of drug-likeness (QED) is 0.856. The minimum absolute atomic E-state index is 0.316. The van der Waals surface area contributed by atoms with Crippen molar-refractivity contribution in [1.82, 2.24) is 10.3 Å². The Bertz CT molecular complexity index is 724. The van der Waals surface area contributed by atoms with Crippen molar-refractivity contribution in [3.05, 3.63) is 40.4 Å². The molecule has 0 aliphatic carbocycles. The van der Waals surface area contributed by atoms with Gasteiger partial charge >= 0.3 is 0 Å². The van der Waals surface area contributed by atoms with Crippen molar-refractivity contribution in [3.8, 4) is 0 Å². The molecule has 0 saturated heterocycles. The summed E-state index contributed by atoms with van der Waals surface area (Å²) in [6.07, 6.45) is 0. The van der Waals surface area contributed by atoms with E-state index in [1.165, 1.54) is 11.3 Å². The van der Waals surface area contributed by atoms with E-state index in [2.05, 4.69) is 15.0 Å². The summed E-state index contributed by atoms with van der Waals surface area (Å²) in [6, 6.07) is 6.94. The van der Waals surface area contributed by atoms with E-state index in [0.29, 0.717) is 16.6 Å². The highest BCUT2D eigenvalue weighted by molar-refractivity contribution is 7.94. The number of aromatic nitrogens is 1. The van der Waals surface area contributed by atoms with E-state index in [1.807, 2.05) is 26.8 Å². The third-order valence-corrected chi connectivity index (χ3v) is 5.99. The van der Waals surface area contributed by atoms with E-state index in [-0.39, 0.29) is 0 Å². The summed E-state index contributed by atoms with van der Waals surface area (Å²) in [4.78, 5) is 5.20. The number of hydrogen-bond acceptors (Lipinski definition) is 5. The Morgan fingerprint density at radius 1 is 1.29 bits per heavy atom.